The number of halogens is 2. The lowest BCUT2D eigenvalue weighted by molar-refractivity contribution is -0.140. The molecule has 0 bridgehead atoms. The van der Waals surface area contributed by atoms with Crippen LogP contribution in [-0.4, -0.2) is 64.7 Å². The van der Waals surface area contributed by atoms with Crippen LogP contribution in [0.1, 0.15) is 37.0 Å². The van der Waals surface area contributed by atoms with E-state index >= 15 is 0 Å². The summed E-state index contributed by atoms with van der Waals surface area (Å²) in [5.41, 5.74) is 1.17. The molecule has 0 aliphatic rings. The molecule has 0 aliphatic heterocycles. The number of ketones is 1. The highest BCUT2D eigenvalue weighted by atomic mass is 35.5. The minimum Gasteiger partial charge on any atom is -0.496 e. The number of carbonyl (C=O) groups is 5. The molecule has 0 aliphatic carbocycles. The second-order valence-corrected chi connectivity index (χ2v) is 10.9. The normalized spacial score (nSPS) is 12.5. The molecule has 1 unspecified atom stereocenters. The van der Waals surface area contributed by atoms with E-state index < -0.39 is 59.8 Å². The van der Waals surface area contributed by atoms with Gasteiger partial charge in [-0.05, 0) is 41.8 Å². The molecule has 13 heteroatoms. The Labute approximate surface area is 251 Å². The van der Waals surface area contributed by atoms with E-state index in [-0.39, 0.29) is 28.5 Å². The van der Waals surface area contributed by atoms with Crippen molar-refractivity contribution in [1.29, 1.82) is 0 Å². The second-order valence-electron chi connectivity index (χ2n) is 9.53. The number of Topliss-reactive ketones (excluding diaryl/α,β-unsaturated/α-hetero) is 1. The van der Waals surface area contributed by atoms with Gasteiger partial charge in [0.25, 0.3) is 0 Å². The molecular weight excluding hydrogens is 591 g/mol. The third-order valence-corrected chi connectivity index (χ3v) is 7.31. The SMILES string of the molecule is COc1ccc(/C=C/C(=O)O)cc1CC(=O)N[C@H](C(=O)NC(CC(=O)O)C(=O)CSCc1c(F)cccc1Cl)C(C)C. The lowest BCUT2D eigenvalue weighted by atomic mass is 10.0. The fraction of sp³-hybridized carbons (Fsp3) is 0.345. The van der Waals surface area contributed by atoms with Gasteiger partial charge in [-0.3, -0.25) is 19.2 Å². The zero-order valence-corrected chi connectivity index (χ0v) is 24.8. The van der Waals surface area contributed by atoms with Gasteiger partial charge in [0, 0.05) is 28.0 Å². The van der Waals surface area contributed by atoms with Gasteiger partial charge in [-0.15, -0.1) is 11.8 Å². The molecular formula is C29H32ClFN2O8S. The topological polar surface area (TPSA) is 159 Å². The minimum absolute atomic E-state index is 0.0619. The molecule has 10 nitrogen and oxygen atoms in total. The van der Waals surface area contributed by atoms with E-state index in [1.807, 2.05) is 0 Å². The van der Waals surface area contributed by atoms with E-state index in [0.29, 0.717) is 16.9 Å². The fourth-order valence-electron chi connectivity index (χ4n) is 3.85. The van der Waals surface area contributed by atoms with E-state index in [1.165, 1.54) is 31.4 Å². The van der Waals surface area contributed by atoms with Gasteiger partial charge in [-0.1, -0.05) is 37.6 Å². The summed E-state index contributed by atoms with van der Waals surface area (Å²) >= 11 is 7.04. The van der Waals surface area contributed by atoms with Crippen LogP contribution in [0.4, 0.5) is 4.39 Å². The number of methoxy groups -OCH3 is 1. The average molecular weight is 623 g/mol. The van der Waals surface area contributed by atoms with Crippen molar-refractivity contribution in [3.05, 3.63) is 70.0 Å². The predicted molar refractivity (Wildman–Crippen MR) is 157 cm³/mol. The molecule has 42 heavy (non-hydrogen) atoms. The number of carboxylic acid groups (broad SMARTS) is 2. The summed E-state index contributed by atoms with van der Waals surface area (Å²) in [4.78, 5) is 61.2. The first-order valence-electron chi connectivity index (χ1n) is 12.7. The Morgan fingerprint density at radius 1 is 1.10 bits per heavy atom. The van der Waals surface area contributed by atoms with Crippen molar-refractivity contribution in [2.24, 2.45) is 5.92 Å². The number of carbonyl (C=O) groups excluding carboxylic acids is 3. The molecule has 2 aromatic carbocycles. The van der Waals surface area contributed by atoms with Gasteiger partial charge in [0.05, 0.1) is 31.7 Å². The van der Waals surface area contributed by atoms with Gasteiger partial charge in [0.2, 0.25) is 11.8 Å². The number of nitrogens with one attached hydrogen (secondary N) is 2. The first-order chi connectivity index (χ1) is 19.8. The van der Waals surface area contributed by atoms with Crippen LogP contribution in [-0.2, 0) is 36.1 Å². The number of amides is 2. The maximum absolute atomic E-state index is 14.0. The van der Waals surface area contributed by atoms with Gasteiger partial charge < -0.3 is 25.6 Å². The fourth-order valence-corrected chi connectivity index (χ4v) is 5.16. The Morgan fingerprint density at radius 2 is 1.81 bits per heavy atom. The van der Waals surface area contributed by atoms with Crippen LogP contribution in [0.15, 0.2) is 42.5 Å². The summed E-state index contributed by atoms with van der Waals surface area (Å²) in [5, 5.41) is 23.4. The van der Waals surface area contributed by atoms with Crippen molar-refractivity contribution < 1.29 is 43.3 Å². The molecule has 0 radical (unpaired) electrons. The standard InChI is InChI=1S/C29H32ClFN2O8S/c1-16(2)28(33-25(35)12-18-11-17(8-10-26(36)37)7-9-24(18)41-3)29(40)32-22(13-27(38)39)23(34)15-42-14-19-20(30)5-4-6-21(19)31/h4-11,16,22,28H,12-15H2,1-3H3,(H,32,40)(H,33,35)(H,36,37)(H,38,39)/b10-8+/t22?,28-/m0/s1. The van der Waals surface area contributed by atoms with Gasteiger partial charge in [0.15, 0.2) is 5.78 Å². The maximum atomic E-state index is 14.0. The minimum atomic E-state index is -1.38. The van der Waals surface area contributed by atoms with E-state index in [2.05, 4.69) is 10.6 Å². The van der Waals surface area contributed by atoms with Crippen molar-refractivity contribution in [3.63, 3.8) is 0 Å². The number of ether oxygens (including phenoxy) is 1. The van der Waals surface area contributed by atoms with E-state index in [1.54, 1.807) is 32.0 Å². The van der Waals surface area contributed by atoms with Crippen molar-refractivity contribution >= 4 is 59.0 Å². The van der Waals surface area contributed by atoms with Crippen molar-refractivity contribution in [3.8, 4) is 5.75 Å². The first kappa shape index (κ1) is 34.3. The second kappa shape index (κ2) is 16.5. The van der Waals surface area contributed by atoms with Crippen LogP contribution in [0.3, 0.4) is 0 Å². The molecule has 2 aromatic rings. The van der Waals surface area contributed by atoms with Gasteiger partial charge >= 0.3 is 11.9 Å². The molecule has 2 amide bonds. The van der Waals surface area contributed by atoms with Crippen LogP contribution in [0.25, 0.3) is 6.08 Å². The van der Waals surface area contributed by atoms with E-state index in [9.17, 15) is 33.5 Å². The first-order valence-corrected chi connectivity index (χ1v) is 14.3. The number of thioether (sulfide) groups is 1. The maximum Gasteiger partial charge on any atom is 0.328 e. The zero-order valence-electron chi connectivity index (χ0n) is 23.2. The van der Waals surface area contributed by atoms with Crippen LogP contribution in [0.5, 0.6) is 5.75 Å². The summed E-state index contributed by atoms with van der Waals surface area (Å²) in [6.07, 6.45) is 1.42. The number of benzene rings is 2. The van der Waals surface area contributed by atoms with Crippen LogP contribution < -0.4 is 15.4 Å². The molecule has 0 aromatic heterocycles. The lowest BCUT2D eigenvalue weighted by Crippen LogP contribution is -2.54. The molecule has 0 spiro atoms. The summed E-state index contributed by atoms with van der Waals surface area (Å²) in [6.45, 7) is 3.34. The number of aliphatic carboxylic acids is 2. The molecule has 0 heterocycles. The average Bonchev–Trinajstić information content (AvgIpc) is 2.91. The Bertz CT molecular complexity index is 1330. The van der Waals surface area contributed by atoms with Gasteiger partial charge in [-0.2, -0.15) is 0 Å². The molecule has 226 valence electrons. The van der Waals surface area contributed by atoms with Gasteiger partial charge in [-0.25, -0.2) is 9.18 Å². The molecule has 0 saturated heterocycles. The van der Waals surface area contributed by atoms with Crippen molar-refractivity contribution in [2.75, 3.05) is 12.9 Å². The number of hydrogen-bond donors (Lipinski definition) is 4. The predicted octanol–water partition coefficient (Wildman–Crippen LogP) is 3.73. The van der Waals surface area contributed by atoms with Crippen molar-refractivity contribution in [2.45, 2.75) is 44.5 Å². The summed E-state index contributed by atoms with van der Waals surface area (Å²) in [5.74, 6) is -5.08. The largest absolute Gasteiger partial charge is 0.496 e. The molecule has 0 fully saturated rings. The number of rotatable bonds is 16. The number of carboxylic acids is 2. The van der Waals surface area contributed by atoms with Crippen molar-refractivity contribution in [1.82, 2.24) is 10.6 Å². The molecule has 2 atom stereocenters. The Morgan fingerprint density at radius 3 is 2.40 bits per heavy atom. The summed E-state index contributed by atoms with van der Waals surface area (Å²) in [6, 6.07) is 6.49. The highest BCUT2D eigenvalue weighted by Gasteiger charge is 2.30. The lowest BCUT2D eigenvalue weighted by Gasteiger charge is -2.25. The zero-order chi connectivity index (χ0) is 31.4. The Hall–Kier alpha value is -3.90. The van der Waals surface area contributed by atoms with Gasteiger partial charge in [0.1, 0.15) is 17.6 Å². The van der Waals surface area contributed by atoms with Crippen LogP contribution in [0.2, 0.25) is 5.02 Å². The number of hydrogen-bond acceptors (Lipinski definition) is 7. The summed E-state index contributed by atoms with van der Waals surface area (Å²) in [7, 11) is 1.41. The monoisotopic (exact) mass is 622 g/mol. The molecule has 4 N–H and O–H groups in total. The van der Waals surface area contributed by atoms with E-state index in [0.717, 1.165) is 17.8 Å². The highest BCUT2D eigenvalue weighted by molar-refractivity contribution is 7.99. The quantitative estimate of drug-likeness (QED) is 0.205. The Kier molecular flexibility index (Phi) is 13.5. The van der Waals surface area contributed by atoms with Crippen LogP contribution >= 0.6 is 23.4 Å². The third kappa shape index (κ3) is 10.8. The highest BCUT2D eigenvalue weighted by Crippen LogP contribution is 2.24. The smallest absolute Gasteiger partial charge is 0.328 e. The molecule has 2 rings (SSSR count). The van der Waals surface area contributed by atoms with E-state index in [4.69, 9.17) is 21.4 Å². The summed E-state index contributed by atoms with van der Waals surface area (Å²) < 4.78 is 19.3. The van der Waals surface area contributed by atoms with Crippen LogP contribution in [0, 0.1) is 11.7 Å². The Balaban J connectivity index is 2.10. The molecule has 0 saturated carbocycles. The third-order valence-electron chi connectivity index (χ3n) is 5.98.